The normalized spacial score (nSPS) is 27.3. The predicted molar refractivity (Wildman–Crippen MR) is 70.1 cm³/mol. The van der Waals surface area contributed by atoms with Gasteiger partial charge >= 0.3 is 5.97 Å². The van der Waals surface area contributed by atoms with Gasteiger partial charge in [0.25, 0.3) is 0 Å². The van der Waals surface area contributed by atoms with Gasteiger partial charge in [-0.25, -0.2) is 4.79 Å². The predicted octanol–water partition coefficient (Wildman–Crippen LogP) is 2.43. The molecule has 4 unspecified atom stereocenters. The molecule has 4 atom stereocenters. The summed E-state index contributed by atoms with van der Waals surface area (Å²) in [5.74, 6) is -0.684. The van der Waals surface area contributed by atoms with Crippen molar-refractivity contribution < 1.29 is 14.7 Å². The summed E-state index contributed by atoms with van der Waals surface area (Å²) in [6, 6.07) is -0.753. The van der Waals surface area contributed by atoms with E-state index < -0.39 is 12.0 Å². The maximum Gasteiger partial charge on any atom is 0.326 e. The lowest BCUT2D eigenvalue weighted by Crippen LogP contribution is -2.48. The van der Waals surface area contributed by atoms with Crippen LogP contribution in [0.2, 0.25) is 0 Å². The zero-order chi connectivity index (χ0) is 13.7. The molecule has 18 heavy (non-hydrogen) atoms. The molecular formula is C14H25NO3. The van der Waals surface area contributed by atoms with Crippen molar-refractivity contribution in [2.45, 2.75) is 58.9 Å². The topological polar surface area (TPSA) is 66.4 Å². The minimum absolute atomic E-state index is 0.00958. The van der Waals surface area contributed by atoms with Crippen LogP contribution in [-0.4, -0.2) is 23.0 Å². The molecule has 0 aliphatic heterocycles. The number of hydrogen-bond donors (Lipinski definition) is 2. The van der Waals surface area contributed by atoms with E-state index in [1.807, 2.05) is 13.8 Å². The third-order valence-electron chi connectivity index (χ3n) is 4.23. The fourth-order valence-corrected chi connectivity index (χ4v) is 2.65. The highest BCUT2D eigenvalue weighted by Gasteiger charge is 2.32. The van der Waals surface area contributed by atoms with E-state index >= 15 is 0 Å². The molecule has 1 saturated carbocycles. The lowest BCUT2D eigenvalue weighted by atomic mass is 9.79. The molecule has 2 N–H and O–H groups in total. The smallest absolute Gasteiger partial charge is 0.326 e. The molecule has 4 nitrogen and oxygen atoms in total. The molecule has 0 aromatic carbocycles. The lowest BCUT2D eigenvalue weighted by molar-refractivity contribution is -0.144. The number of amides is 1. The highest BCUT2D eigenvalue weighted by atomic mass is 16.4. The number of carboxylic acid groups (broad SMARTS) is 1. The van der Waals surface area contributed by atoms with Gasteiger partial charge in [0.1, 0.15) is 6.04 Å². The summed E-state index contributed by atoms with van der Waals surface area (Å²) in [5, 5.41) is 11.9. The summed E-state index contributed by atoms with van der Waals surface area (Å²) in [5.41, 5.74) is 0. The number of carboxylic acids is 1. The molecular weight excluding hydrogens is 230 g/mol. The van der Waals surface area contributed by atoms with Crippen molar-refractivity contribution in [3.8, 4) is 0 Å². The van der Waals surface area contributed by atoms with Crippen molar-refractivity contribution >= 4 is 11.9 Å². The number of nitrogens with one attached hydrogen (secondary N) is 1. The van der Waals surface area contributed by atoms with Crippen LogP contribution in [0, 0.1) is 17.8 Å². The average molecular weight is 255 g/mol. The van der Waals surface area contributed by atoms with Gasteiger partial charge in [-0.05, 0) is 24.7 Å². The first-order valence-electron chi connectivity index (χ1n) is 7.00. The third kappa shape index (κ3) is 3.72. The molecule has 1 fully saturated rings. The van der Waals surface area contributed by atoms with Crippen molar-refractivity contribution in [1.82, 2.24) is 5.32 Å². The Balaban J connectivity index is 2.63. The Labute approximate surface area is 109 Å². The van der Waals surface area contributed by atoms with E-state index in [1.54, 1.807) is 0 Å². The van der Waals surface area contributed by atoms with Gasteiger partial charge in [-0.3, -0.25) is 4.79 Å². The van der Waals surface area contributed by atoms with E-state index in [0.717, 1.165) is 25.7 Å². The van der Waals surface area contributed by atoms with Crippen LogP contribution in [0.3, 0.4) is 0 Å². The molecule has 4 heteroatoms. The van der Waals surface area contributed by atoms with Gasteiger partial charge in [0.05, 0.1) is 0 Å². The number of carbonyl (C=O) groups is 2. The summed E-state index contributed by atoms with van der Waals surface area (Å²) < 4.78 is 0. The van der Waals surface area contributed by atoms with Gasteiger partial charge in [-0.15, -0.1) is 0 Å². The van der Waals surface area contributed by atoms with Gasteiger partial charge in [0.2, 0.25) is 5.91 Å². The van der Waals surface area contributed by atoms with Crippen LogP contribution < -0.4 is 5.32 Å². The summed E-state index contributed by atoms with van der Waals surface area (Å²) >= 11 is 0. The maximum absolute atomic E-state index is 12.2. The molecule has 1 aliphatic rings. The highest BCUT2D eigenvalue weighted by Crippen LogP contribution is 2.29. The SMILES string of the molecule is CCC(C)C(NC(=O)C1CCCCC1C)C(=O)O. The first-order valence-corrected chi connectivity index (χ1v) is 7.00. The number of aliphatic carboxylic acids is 1. The first-order chi connectivity index (χ1) is 8.47. The fourth-order valence-electron chi connectivity index (χ4n) is 2.65. The number of hydrogen-bond acceptors (Lipinski definition) is 2. The average Bonchev–Trinajstić information content (AvgIpc) is 2.35. The third-order valence-corrected chi connectivity index (χ3v) is 4.23. The standard InChI is InChI=1S/C14H25NO3/c1-4-9(2)12(14(17)18)15-13(16)11-8-6-5-7-10(11)3/h9-12H,4-8H2,1-3H3,(H,15,16)(H,17,18). The summed E-state index contributed by atoms with van der Waals surface area (Å²) in [7, 11) is 0. The van der Waals surface area contributed by atoms with Crippen LogP contribution in [0.4, 0.5) is 0 Å². The molecule has 0 spiro atoms. The molecule has 0 heterocycles. The molecule has 0 saturated heterocycles. The van der Waals surface area contributed by atoms with Crippen LogP contribution in [-0.2, 0) is 9.59 Å². The van der Waals surface area contributed by atoms with E-state index in [9.17, 15) is 14.7 Å². The van der Waals surface area contributed by atoms with Gasteiger partial charge < -0.3 is 10.4 Å². The van der Waals surface area contributed by atoms with Crippen LogP contribution >= 0.6 is 0 Å². The Morgan fingerprint density at radius 2 is 1.94 bits per heavy atom. The van der Waals surface area contributed by atoms with E-state index in [2.05, 4.69) is 12.2 Å². The summed E-state index contributed by atoms with van der Waals surface area (Å²) in [4.78, 5) is 23.4. The number of rotatable bonds is 5. The van der Waals surface area contributed by atoms with E-state index in [4.69, 9.17) is 0 Å². The molecule has 0 aromatic rings. The molecule has 0 aromatic heterocycles. The summed E-state index contributed by atoms with van der Waals surface area (Å²) in [6.45, 7) is 5.89. The molecule has 1 amide bonds. The molecule has 104 valence electrons. The maximum atomic E-state index is 12.2. The van der Waals surface area contributed by atoms with Crippen LogP contribution in [0.5, 0.6) is 0 Å². The largest absolute Gasteiger partial charge is 0.480 e. The Morgan fingerprint density at radius 3 is 2.44 bits per heavy atom. The van der Waals surface area contributed by atoms with Crippen molar-refractivity contribution in [3.05, 3.63) is 0 Å². The van der Waals surface area contributed by atoms with Crippen molar-refractivity contribution in [2.75, 3.05) is 0 Å². The Bertz CT molecular complexity index is 303. The minimum Gasteiger partial charge on any atom is -0.480 e. The van der Waals surface area contributed by atoms with Crippen molar-refractivity contribution in [3.63, 3.8) is 0 Å². The lowest BCUT2D eigenvalue weighted by Gasteiger charge is -2.30. The van der Waals surface area contributed by atoms with Crippen molar-refractivity contribution in [2.24, 2.45) is 17.8 Å². The van der Waals surface area contributed by atoms with E-state index in [0.29, 0.717) is 5.92 Å². The quantitative estimate of drug-likeness (QED) is 0.793. The zero-order valence-corrected chi connectivity index (χ0v) is 11.6. The summed E-state index contributed by atoms with van der Waals surface area (Å²) in [6.07, 6.45) is 4.96. The van der Waals surface area contributed by atoms with E-state index in [1.165, 1.54) is 6.42 Å². The fraction of sp³-hybridized carbons (Fsp3) is 0.857. The van der Waals surface area contributed by atoms with Gasteiger partial charge in [-0.2, -0.15) is 0 Å². The van der Waals surface area contributed by atoms with Crippen LogP contribution in [0.25, 0.3) is 0 Å². The number of carbonyl (C=O) groups excluding carboxylic acids is 1. The van der Waals surface area contributed by atoms with E-state index in [-0.39, 0.29) is 17.7 Å². The Hall–Kier alpha value is -1.06. The van der Waals surface area contributed by atoms with Gasteiger partial charge in [0, 0.05) is 5.92 Å². The zero-order valence-electron chi connectivity index (χ0n) is 11.6. The second-order valence-electron chi connectivity index (χ2n) is 5.58. The molecule has 0 bridgehead atoms. The molecule has 0 radical (unpaired) electrons. The molecule has 1 aliphatic carbocycles. The second kappa shape index (κ2) is 6.76. The van der Waals surface area contributed by atoms with Crippen LogP contribution in [0.15, 0.2) is 0 Å². The monoisotopic (exact) mass is 255 g/mol. The van der Waals surface area contributed by atoms with Gasteiger partial charge in [0.15, 0.2) is 0 Å². The second-order valence-corrected chi connectivity index (χ2v) is 5.58. The first kappa shape index (κ1) is 15.0. The Morgan fingerprint density at radius 1 is 1.33 bits per heavy atom. The molecule has 1 rings (SSSR count). The highest BCUT2D eigenvalue weighted by molar-refractivity contribution is 5.85. The minimum atomic E-state index is -0.929. The van der Waals surface area contributed by atoms with Crippen molar-refractivity contribution in [1.29, 1.82) is 0 Å². The Kier molecular flexibility index (Phi) is 5.63. The van der Waals surface area contributed by atoms with Gasteiger partial charge in [-0.1, -0.05) is 40.0 Å². The van der Waals surface area contributed by atoms with Crippen LogP contribution in [0.1, 0.15) is 52.9 Å².